The number of ether oxygens (including phenoxy) is 1. The molecule has 1 saturated heterocycles. The lowest BCUT2D eigenvalue weighted by Crippen LogP contribution is -2.44. The van der Waals surface area contributed by atoms with E-state index in [-0.39, 0.29) is 5.52 Å². The Morgan fingerprint density at radius 2 is 2.03 bits per heavy atom. The summed E-state index contributed by atoms with van der Waals surface area (Å²) in [5, 5.41) is 33.4. The fourth-order valence-electron chi connectivity index (χ4n) is 3.57. The normalized spacial score (nSPS) is 27.9. The van der Waals surface area contributed by atoms with Crippen molar-refractivity contribution in [3.63, 3.8) is 0 Å². The van der Waals surface area contributed by atoms with Crippen molar-refractivity contribution in [3.8, 4) is 0 Å². The maximum Gasteiger partial charge on any atom is 0.481 e. The van der Waals surface area contributed by atoms with E-state index in [9.17, 15) is 29.0 Å². The molecule has 0 amide bonds. The van der Waals surface area contributed by atoms with E-state index < -0.39 is 51.8 Å². The van der Waals surface area contributed by atoms with Crippen molar-refractivity contribution in [2.75, 3.05) is 6.61 Å². The summed E-state index contributed by atoms with van der Waals surface area (Å²) in [7, 11) is -10.5. The van der Waals surface area contributed by atoms with Gasteiger partial charge in [0, 0.05) is 20.5 Å². The fraction of sp³-hybridized carbons (Fsp3) is 0.400. The van der Waals surface area contributed by atoms with Crippen LogP contribution in [0.5, 0.6) is 0 Å². The van der Waals surface area contributed by atoms with Gasteiger partial charge >= 0.3 is 15.6 Å². The minimum atomic E-state index is -5.33. The van der Waals surface area contributed by atoms with Gasteiger partial charge < -0.3 is 29.6 Å². The lowest BCUT2D eigenvalue weighted by atomic mass is 9.97. The van der Waals surface area contributed by atoms with Crippen molar-refractivity contribution < 1.29 is 47.6 Å². The SMILES string of the molecule is C[C@@]1(O)[C@H](O)[C@@H](COP(=O)(O)OP(=O)(O)O)O[C@H]1n1cc2c(I)cc3c(=O)[nH]ncc(n1)c23. The van der Waals surface area contributed by atoms with Crippen molar-refractivity contribution in [2.24, 2.45) is 0 Å². The fourth-order valence-corrected chi connectivity index (χ4v) is 5.89. The van der Waals surface area contributed by atoms with Crippen LogP contribution < -0.4 is 5.56 Å². The predicted molar refractivity (Wildman–Crippen MR) is 118 cm³/mol. The van der Waals surface area contributed by atoms with Crippen LogP contribution in [0.4, 0.5) is 0 Å². The number of phosphoric ester groups is 1. The number of H-pyrrole nitrogens is 1. The first-order chi connectivity index (χ1) is 15.2. The summed E-state index contributed by atoms with van der Waals surface area (Å²) in [6.07, 6.45) is -1.57. The molecule has 0 bridgehead atoms. The Kier molecular flexibility index (Phi) is 6.33. The van der Waals surface area contributed by atoms with Crippen LogP contribution in [0.25, 0.3) is 21.7 Å². The molecule has 15 nitrogen and oxygen atoms in total. The van der Waals surface area contributed by atoms with Crippen LogP contribution in [-0.2, 0) is 22.7 Å². The van der Waals surface area contributed by atoms with E-state index in [1.54, 1.807) is 6.07 Å². The number of nitrogens with one attached hydrogen (secondary N) is 1. The molecule has 33 heavy (non-hydrogen) atoms. The van der Waals surface area contributed by atoms with E-state index in [0.717, 1.165) is 0 Å². The summed E-state index contributed by atoms with van der Waals surface area (Å²) in [6, 6.07) is 1.64. The molecule has 0 aliphatic carbocycles. The smallest absolute Gasteiger partial charge is 0.387 e. The number of nitrogens with zero attached hydrogens (tertiary/aromatic N) is 3. The van der Waals surface area contributed by atoms with Crippen molar-refractivity contribution in [1.29, 1.82) is 0 Å². The Morgan fingerprint density at radius 1 is 1.33 bits per heavy atom. The van der Waals surface area contributed by atoms with Gasteiger partial charge in [-0.05, 0) is 35.6 Å². The molecular weight excluding hydrogens is 601 g/mol. The maximum atomic E-state index is 12.2. The third-order valence-electron chi connectivity index (χ3n) is 5.01. The van der Waals surface area contributed by atoms with E-state index in [4.69, 9.17) is 14.5 Å². The number of phosphoric acid groups is 2. The first-order valence-corrected chi connectivity index (χ1v) is 13.1. The van der Waals surface area contributed by atoms with Crippen LogP contribution in [0.2, 0.25) is 0 Å². The zero-order valence-electron chi connectivity index (χ0n) is 16.5. The Hall–Kier alpha value is -1.30. The molecule has 1 aliphatic rings. The number of halogens is 1. The quantitative estimate of drug-likeness (QED) is 0.160. The van der Waals surface area contributed by atoms with Gasteiger partial charge in [-0.3, -0.25) is 9.32 Å². The summed E-state index contributed by atoms with van der Waals surface area (Å²) < 4.78 is 38.2. The lowest BCUT2D eigenvalue weighted by Gasteiger charge is -2.27. The van der Waals surface area contributed by atoms with E-state index in [1.807, 2.05) is 22.6 Å². The van der Waals surface area contributed by atoms with Gasteiger partial charge in [0.2, 0.25) is 0 Å². The second-order valence-electron chi connectivity index (χ2n) is 7.42. The predicted octanol–water partition coefficient (Wildman–Crippen LogP) is 0.113. The number of aliphatic hydroxyl groups is 2. The van der Waals surface area contributed by atoms with E-state index in [2.05, 4.69) is 24.1 Å². The third kappa shape index (κ3) is 4.78. The summed E-state index contributed by atoms with van der Waals surface area (Å²) in [5.41, 5.74) is -2.11. The molecule has 1 unspecified atom stereocenters. The Labute approximate surface area is 197 Å². The number of hydrogen-bond acceptors (Lipinski definition) is 10. The topological polar surface area (TPSA) is 227 Å². The molecule has 1 aliphatic heterocycles. The summed E-state index contributed by atoms with van der Waals surface area (Å²) >= 11 is 2.02. The first-order valence-electron chi connectivity index (χ1n) is 9.04. The minimum absolute atomic E-state index is 0.284. The number of aliphatic hydroxyl groups excluding tert-OH is 1. The van der Waals surface area contributed by atoms with Gasteiger partial charge in [-0.1, -0.05) is 0 Å². The van der Waals surface area contributed by atoms with Crippen molar-refractivity contribution in [2.45, 2.75) is 31.0 Å². The Morgan fingerprint density at radius 3 is 2.70 bits per heavy atom. The molecule has 3 heterocycles. The zero-order valence-corrected chi connectivity index (χ0v) is 20.4. The highest BCUT2D eigenvalue weighted by atomic mass is 127. The van der Waals surface area contributed by atoms with Crippen LogP contribution >= 0.6 is 38.2 Å². The highest BCUT2D eigenvalue weighted by Crippen LogP contribution is 2.57. The average Bonchev–Trinajstić information content (AvgIpc) is 3.06. The van der Waals surface area contributed by atoms with Gasteiger partial charge in [0.25, 0.3) is 5.56 Å². The van der Waals surface area contributed by atoms with E-state index in [1.165, 1.54) is 24.0 Å². The summed E-state index contributed by atoms with van der Waals surface area (Å²) in [4.78, 5) is 39.0. The van der Waals surface area contributed by atoms with Crippen molar-refractivity contribution in [3.05, 3.63) is 32.4 Å². The van der Waals surface area contributed by atoms with Crippen LogP contribution in [0.15, 0.2) is 23.3 Å². The molecule has 0 saturated carbocycles. The molecular formula is C15H17IN4O11P2. The molecule has 1 fully saturated rings. The van der Waals surface area contributed by atoms with E-state index in [0.29, 0.717) is 19.7 Å². The Balaban J connectivity index is 1.68. The maximum absolute atomic E-state index is 12.2. The average molecular weight is 618 g/mol. The van der Waals surface area contributed by atoms with Crippen LogP contribution in [-0.4, -0.2) is 69.3 Å². The van der Waals surface area contributed by atoms with Crippen LogP contribution in [0.1, 0.15) is 13.2 Å². The minimum Gasteiger partial charge on any atom is -0.387 e. The molecule has 0 radical (unpaired) electrons. The third-order valence-corrected chi connectivity index (χ3v) is 8.06. The molecule has 2 aromatic heterocycles. The lowest BCUT2D eigenvalue weighted by molar-refractivity contribution is -0.102. The van der Waals surface area contributed by atoms with Gasteiger partial charge in [0.05, 0.1) is 18.2 Å². The molecule has 5 atom stereocenters. The molecule has 0 spiro atoms. The number of rotatable bonds is 6. The largest absolute Gasteiger partial charge is 0.481 e. The highest BCUT2D eigenvalue weighted by molar-refractivity contribution is 14.1. The summed E-state index contributed by atoms with van der Waals surface area (Å²) in [5.74, 6) is 0. The van der Waals surface area contributed by atoms with Gasteiger partial charge in [-0.15, -0.1) is 0 Å². The first kappa shape index (κ1) is 24.8. The number of aromatic nitrogens is 4. The zero-order chi connectivity index (χ0) is 24.3. The van der Waals surface area contributed by atoms with Gasteiger partial charge in [-0.25, -0.2) is 18.9 Å². The molecule has 180 valence electrons. The summed E-state index contributed by atoms with van der Waals surface area (Å²) in [6.45, 7) is 0.388. The second kappa shape index (κ2) is 8.42. The van der Waals surface area contributed by atoms with Crippen LogP contribution in [0, 0.1) is 3.57 Å². The molecule has 1 aromatic carbocycles. The number of aromatic amines is 1. The van der Waals surface area contributed by atoms with Crippen molar-refractivity contribution in [1.82, 2.24) is 20.0 Å². The van der Waals surface area contributed by atoms with Gasteiger partial charge in [0.15, 0.2) is 6.23 Å². The van der Waals surface area contributed by atoms with Crippen LogP contribution in [0.3, 0.4) is 0 Å². The Bertz CT molecular complexity index is 1390. The number of hydrogen-bond donors (Lipinski definition) is 6. The molecule has 6 N–H and O–H groups in total. The van der Waals surface area contributed by atoms with E-state index >= 15 is 0 Å². The highest BCUT2D eigenvalue weighted by Gasteiger charge is 2.54. The van der Waals surface area contributed by atoms with Gasteiger partial charge in [-0.2, -0.15) is 14.5 Å². The monoisotopic (exact) mass is 618 g/mol. The molecule has 4 rings (SSSR count). The van der Waals surface area contributed by atoms with Crippen molar-refractivity contribution >= 4 is 59.9 Å². The standard InChI is InChI=1S/C15H17IN4O11P2/c1-15(23)12(21)10(5-29-33(27,28)31-32(24,25)26)30-14(15)20-4-7-8(16)2-6-11(7)9(19-20)3-17-18-13(6)22/h2-4,10,12,14,21,23H,5H2,1H3,(H,18,22)(H,27,28)(H2,24,25,26)/t10-,12-,14-,15-/m1/s1. The second-order valence-corrected chi connectivity index (χ2v) is 11.4. The molecule has 3 aromatic rings. The molecule has 18 heteroatoms. The van der Waals surface area contributed by atoms with Gasteiger partial charge in [0.1, 0.15) is 23.3 Å².